The van der Waals surface area contributed by atoms with E-state index in [0.29, 0.717) is 29.6 Å². The Kier molecular flexibility index (Phi) is 5.64. The Morgan fingerprint density at radius 3 is 2.55 bits per heavy atom. The molecule has 0 spiro atoms. The van der Waals surface area contributed by atoms with Crippen molar-refractivity contribution in [3.8, 4) is 17.5 Å². The molecule has 0 saturated carbocycles. The molecule has 1 aliphatic rings. The Bertz CT molecular complexity index is 1300. The summed E-state index contributed by atoms with van der Waals surface area (Å²) in [6.45, 7) is 4.56. The maximum absolute atomic E-state index is 9.62. The van der Waals surface area contributed by atoms with E-state index >= 15 is 0 Å². The Balaban J connectivity index is 1.32. The Hall–Kier alpha value is -4.32. The van der Waals surface area contributed by atoms with Crippen LogP contribution in [-0.4, -0.2) is 42.6 Å². The molecule has 164 valence electrons. The lowest BCUT2D eigenvalue weighted by atomic mass is 10.2. The van der Waals surface area contributed by atoms with Crippen molar-refractivity contribution in [1.29, 1.82) is 5.26 Å². The molecular weight excluding hydrogens is 414 g/mol. The summed E-state index contributed by atoms with van der Waals surface area (Å²) in [7, 11) is 0. The van der Waals surface area contributed by atoms with Crippen LogP contribution in [-0.2, 0) is 6.54 Å². The van der Waals surface area contributed by atoms with Gasteiger partial charge in [0.25, 0.3) is 0 Å². The second kappa shape index (κ2) is 9.04. The fourth-order valence-electron chi connectivity index (χ4n) is 3.92. The lowest BCUT2D eigenvalue weighted by Gasteiger charge is -2.18. The van der Waals surface area contributed by atoms with Crippen molar-refractivity contribution >= 4 is 17.3 Å². The number of pyridine rings is 2. The fraction of sp³-hybridized carbons (Fsp3) is 0.250. The molecule has 0 bridgehead atoms. The van der Waals surface area contributed by atoms with Crippen molar-refractivity contribution in [2.45, 2.75) is 26.3 Å². The number of nitriles is 1. The number of imidazole rings is 1. The van der Waals surface area contributed by atoms with Crippen LogP contribution in [0.2, 0.25) is 0 Å². The van der Waals surface area contributed by atoms with Crippen molar-refractivity contribution in [1.82, 2.24) is 29.5 Å². The summed E-state index contributed by atoms with van der Waals surface area (Å²) in [6.07, 6.45) is 9.44. The van der Waals surface area contributed by atoms with Crippen LogP contribution < -0.4 is 10.2 Å². The summed E-state index contributed by atoms with van der Waals surface area (Å²) in [6, 6.07) is 11.8. The minimum Gasteiger partial charge on any atom is -0.369 e. The quantitative estimate of drug-likeness (QED) is 0.486. The zero-order valence-electron chi connectivity index (χ0n) is 18.3. The van der Waals surface area contributed by atoms with E-state index in [0.717, 1.165) is 48.8 Å². The third-order valence-electron chi connectivity index (χ3n) is 5.68. The molecule has 4 aromatic heterocycles. The zero-order chi connectivity index (χ0) is 22.6. The number of nitrogens with one attached hydrogen (secondary N) is 1. The van der Waals surface area contributed by atoms with Gasteiger partial charge in [0, 0.05) is 31.7 Å². The topological polar surface area (TPSA) is 108 Å². The van der Waals surface area contributed by atoms with Crippen LogP contribution in [0.15, 0.2) is 55.1 Å². The van der Waals surface area contributed by atoms with E-state index in [4.69, 9.17) is 0 Å². The second-order valence-electron chi connectivity index (χ2n) is 7.90. The van der Waals surface area contributed by atoms with Crippen molar-refractivity contribution < 1.29 is 0 Å². The molecule has 9 nitrogen and oxygen atoms in total. The van der Waals surface area contributed by atoms with Gasteiger partial charge < -0.3 is 14.8 Å². The van der Waals surface area contributed by atoms with Crippen LogP contribution in [0.1, 0.15) is 30.1 Å². The molecule has 4 aromatic rings. The molecule has 1 fully saturated rings. The lowest BCUT2D eigenvalue weighted by molar-refractivity contribution is 0.742. The molecule has 1 aliphatic heterocycles. The van der Waals surface area contributed by atoms with Crippen molar-refractivity contribution in [2.24, 2.45) is 0 Å². The van der Waals surface area contributed by atoms with Crippen LogP contribution in [0.25, 0.3) is 11.4 Å². The average molecular weight is 438 g/mol. The van der Waals surface area contributed by atoms with Gasteiger partial charge in [-0.2, -0.15) is 5.26 Å². The summed E-state index contributed by atoms with van der Waals surface area (Å²) in [5, 5.41) is 12.8. The molecule has 0 unspecified atom stereocenters. The van der Waals surface area contributed by atoms with Gasteiger partial charge in [-0.05, 0) is 50.1 Å². The second-order valence-corrected chi connectivity index (χ2v) is 7.90. The van der Waals surface area contributed by atoms with Crippen LogP contribution in [0.3, 0.4) is 0 Å². The number of rotatable bonds is 6. The zero-order valence-corrected chi connectivity index (χ0v) is 18.3. The highest BCUT2D eigenvalue weighted by Crippen LogP contribution is 2.26. The first-order valence-electron chi connectivity index (χ1n) is 10.9. The number of aromatic nitrogens is 6. The Morgan fingerprint density at radius 2 is 1.82 bits per heavy atom. The van der Waals surface area contributed by atoms with Gasteiger partial charge in [0.05, 0.1) is 41.2 Å². The molecular formula is C24H23N9. The fourth-order valence-corrected chi connectivity index (χ4v) is 3.92. The Morgan fingerprint density at radius 1 is 0.970 bits per heavy atom. The molecule has 33 heavy (non-hydrogen) atoms. The molecule has 5 rings (SSSR count). The highest BCUT2D eigenvalue weighted by Gasteiger charge is 2.18. The van der Waals surface area contributed by atoms with Gasteiger partial charge in [-0.1, -0.05) is 0 Å². The van der Waals surface area contributed by atoms with Gasteiger partial charge in [-0.15, -0.1) is 0 Å². The first-order chi connectivity index (χ1) is 16.2. The molecule has 1 N–H and O–H groups in total. The number of anilines is 3. The first kappa shape index (κ1) is 20.6. The van der Waals surface area contributed by atoms with E-state index in [2.05, 4.69) is 41.2 Å². The number of aryl methyl sites for hydroxylation is 1. The summed E-state index contributed by atoms with van der Waals surface area (Å²) in [5.41, 5.74) is 4.33. The number of nitrogens with zero attached hydrogens (tertiary/aromatic N) is 8. The molecule has 0 aliphatic carbocycles. The van der Waals surface area contributed by atoms with E-state index < -0.39 is 0 Å². The predicted octanol–water partition coefficient (Wildman–Crippen LogP) is 3.70. The summed E-state index contributed by atoms with van der Waals surface area (Å²) >= 11 is 0. The molecule has 9 heteroatoms. The summed E-state index contributed by atoms with van der Waals surface area (Å²) in [5.74, 6) is 1.39. The van der Waals surface area contributed by atoms with E-state index in [1.165, 1.54) is 0 Å². The minimum atomic E-state index is 0.426. The van der Waals surface area contributed by atoms with Crippen LogP contribution in [0.5, 0.6) is 0 Å². The van der Waals surface area contributed by atoms with E-state index in [1.807, 2.05) is 42.0 Å². The van der Waals surface area contributed by atoms with Crippen LogP contribution in [0, 0.1) is 18.3 Å². The van der Waals surface area contributed by atoms with Crippen LogP contribution in [0.4, 0.5) is 17.3 Å². The van der Waals surface area contributed by atoms with E-state index in [9.17, 15) is 5.26 Å². The smallest absolute Gasteiger partial charge is 0.227 e. The molecule has 5 heterocycles. The minimum absolute atomic E-state index is 0.426. The maximum atomic E-state index is 9.62. The molecule has 0 aromatic carbocycles. The summed E-state index contributed by atoms with van der Waals surface area (Å²) in [4.78, 5) is 24.4. The highest BCUT2D eigenvalue weighted by atomic mass is 15.2. The van der Waals surface area contributed by atoms with Gasteiger partial charge in [0.1, 0.15) is 11.9 Å². The average Bonchev–Trinajstić information content (AvgIpc) is 3.52. The van der Waals surface area contributed by atoms with E-state index in [1.54, 1.807) is 24.7 Å². The molecule has 0 atom stereocenters. The standard InChI is InChI=1S/C24H23N9/c1-17-26-10-13-33(17)16-19-5-4-18(15-28-19)29-24-27-9-8-21(31-24)20-6-7-23(22(14-25)30-20)32-11-2-3-12-32/h4-10,13,15H,2-3,11-12,16H2,1H3,(H,27,29,31). The van der Waals surface area contributed by atoms with E-state index in [-0.39, 0.29) is 0 Å². The number of hydrogen-bond acceptors (Lipinski definition) is 8. The van der Waals surface area contributed by atoms with Gasteiger partial charge in [-0.25, -0.2) is 19.9 Å². The lowest BCUT2D eigenvalue weighted by Crippen LogP contribution is -2.19. The van der Waals surface area contributed by atoms with Crippen molar-refractivity contribution in [2.75, 3.05) is 23.3 Å². The SMILES string of the molecule is Cc1nccn1Cc1ccc(Nc2nccc(-c3ccc(N4CCCC4)c(C#N)n3)n2)cn1. The van der Waals surface area contributed by atoms with Gasteiger partial charge in [0.15, 0.2) is 5.69 Å². The monoisotopic (exact) mass is 437 g/mol. The Labute approximate surface area is 191 Å². The van der Waals surface area contributed by atoms with Crippen LogP contribution >= 0.6 is 0 Å². The molecule has 1 saturated heterocycles. The highest BCUT2D eigenvalue weighted by molar-refractivity contribution is 5.65. The molecule has 0 radical (unpaired) electrons. The van der Waals surface area contributed by atoms with Gasteiger partial charge in [0.2, 0.25) is 5.95 Å². The number of hydrogen-bond donors (Lipinski definition) is 1. The van der Waals surface area contributed by atoms with Gasteiger partial charge in [-0.3, -0.25) is 4.98 Å². The summed E-state index contributed by atoms with van der Waals surface area (Å²) < 4.78 is 2.04. The first-order valence-corrected chi connectivity index (χ1v) is 10.9. The van der Waals surface area contributed by atoms with Crippen molar-refractivity contribution in [3.05, 3.63) is 72.3 Å². The maximum Gasteiger partial charge on any atom is 0.227 e. The predicted molar refractivity (Wildman–Crippen MR) is 125 cm³/mol. The largest absolute Gasteiger partial charge is 0.369 e. The van der Waals surface area contributed by atoms with Gasteiger partial charge >= 0.3 is 0 Å². The third kappa shape index (κ3) is 4.50. The van der Waals surface area contributed by atoms with Crippen molar-refractivity contribution in [3.63, 3.8) is 0 Å². The normalized spacial score (nSPS) is 13.2. The molecule has 0 amide bonds. The third-order valence-corrected chi connectivity index (χ3v) is 5.68.